The molecule has 4 unspecified atom stereocenters. The molecule has 0 aliphatic heterocycles. The van der Waals surface area contributed by atoms with Gasteiger partial charge in [0.05, 0.1) is 6.04 Å². The molecule has 1 saturated carbocycles. The van der Waals surface area contributed by atoms with E-state index in [0.717, 1.165) is 11.8 Å². The molecule has 1 aliphatic carbocycles. The molecule has 3 nitrogen and oxygen atoms in total. The van der Waals surface area contributed by atoms with Gasteiger partial charge in [-0.1, -0.05) is 13.8 Å². The standard InChI is InChI=1S/C14H28N2O/c1-9(2)15-14(17)12(5)16-13-7-6-10(3)11(4)8-13/h9-13,16H,6-8H2,1-5H3,(H,15,17). The van der Waals surface area contributed by atoms with Crippen molar-refractivity contribution in [3.8, 4) is 0 Å². The van der Waals surface area contributed by atoms with Gasteiger partial charge in [0.1, 0.15) is 0 Å². The molecular formula is C14H28N2O. The van der Waals surface area contributed by atoms with Crippen molar-refractivity contribution in [3.63, 3.8) is 0 Å². The third-order valence-corrected chi connectivity index (χ3v) is 3.91. The molecule has 1 rings (SSSR count). The summed E-state index contributed by atoms with van der Waals surface area (Å²) < 4.78 is 0. The first-order chi connectivity index (χ1) is 7.90. The van der Waals surface area contributed by atoms with E-state index >= 15 is 0 Å². The summed E-state index contributed by atoms with van der Waals surface area (Å²) in [4.78, 5) is 11.8. The summed E-state index contributed by atoms with van der Waals surface area (Å²) in [5.41, 5.74) is 0. The third-order valence-electron chi connectivity index (χ3n) is 3.91. The molecule has 0 spiro atoms. The predicted molar refractivity (Wildman–Crippen MR) is 71.8 cm³/mol. The summed E-state index contributed by atoms with van der Waals surface area (Å²) in [6, 6.07) is 0.647. The molecule has 2 N–H and O–H groups in total. The lowest BCUT2D eigenvalue weighted by molar-refractivity contribution is -0.123. The normalized spacial score (nSPS) is 31.3. The Morgan fingerprint density at radius 2 is 1.76 bits per heavy atom. The van der Waals surface area contributed by atoms with Gasteiger partial charge in [-0.05, 0) is 51.9 Å². The van der Waals surface area contributed by atoms with Crippen molar-refractivity contribution in [2.24, 2.45) is 11.8 Å². The van der Waals surface area contributed by atoms with Crippen LogP contribution in [0.1, 0.15) is 53.9 Å². The zero-order chi connectivity index (χ0) is 13.0. The molecule has 0 aromatic heterocycles. The van der Waals surface area contributed by atoms with Crippen LogP contribution < -0.4 is 10.6 Å². The van der Waals surface area contributed by atoms with E-state index in [-0.39, 0.29) is 18.0 Å². The second-order valence-corrected chi connectivity index (χ2v) is 6.02. The average molecular weight is 240 g/mol. The lowest BCUT2D eigenvalue weighted by Crippen LogP contribution is -2.49. The third kappa shape index (κ3) is 4.66. The van der Waals surface area contributed by atoms with E-state index in [9.17, 15) is 4.79 Å². The highest BCUT2D eigenvalue weighted by Gasteiger charge is 2.26. The Kier molecular flexibility index (Phi) is 5.44. The van der Waals surface area contributed by atoms with Gasteiger partial charge in [-0.25, -0.2) is 0 Å². The van der Waals surface area contributed by atoms with Gasteiger partial charge in [-0.2, -0.15) is 0 Å². The second kappa shape index (κ2) is 6.39. The molecule has 0 bridgehead atoms. The van der Waals surface area contributed by atoms with Crippen LogP contribution in [0, 0.1) is 11.8 Å². The number of carbonyl (C=O) groups is 1. The van der Waals surface area contributed by atoms with E-state index in [1.807, 2.05) is 20.8 Å². The molecule has 100 valence electrons. The zero-order valence-electron chi connectivity index (χ0n) is 11.9. The molecule has 0 saturated heterocycles. The minimum absolute atomic E-state index is 0.0805. The van der Waals surface area contributed by atoms with Crippen molar-refractivity contribution < 1.29 is 4.79 Å². The maximum Gasteiger partial charge on any atom is 0.237 e. The van der Waals surface area contributed by atoms with Gasteiger partial charge in [0.25, 0.3) is 0 Å². The van der Waals surface area contributed by atoms with Crippen LogP contribution in [0.3, 0.4) is 0 Å². The van der Waals surface area contributed by atoms with Crippen molar-refractivity contribution in [3.05, 3.63) is 0 Å². The summed E-state index contributed by atoms with van der Waals surface area (Å²) in [5.74, 6) is 1.71. The maximum absolute atomic E-state index is 11.8. The SMILES string of the molecule is CC(C)NC(=O)C(C)NC1CCC(C)C(C)C1. The molecule has 17 heavy (non-hydrogen) atoms. The van der Waals surface area contributed by atoms with Gasteiger partial charge in [-0.15, -0.1) is 0 Å². The molecule has 1 fully saturated rings. The summed E-state index contributed by atoms with van der Waals surface area (Å²) in [6.07, 6.45) is 3.67. The topological polar surface area (TPSA) is 41.1 Å². The molecule has 4 atom stereocenters. The van der Waals surface area contributed by atoms with Gasteiger partial charge < -0.3 is 10.6 Å². The van der Waals surface area contributed by atoms with Crippen molar-refractivity contribution in [2.75, 3.05) is 0 Å². The average Bonchev–Trinajstić information content (AvgIpc) is 2.22. The van der Waals surface area contributed by atoms with Crippen LogP contribution in [0.4, 0.5) is 0 Å². The molecule has 1 aliphatic rings. The summed E-state index contributed by atoms with van der Waals surface area (Å²) in [6.45, 7) is 10.6. The lowest BCUT2D eigenvalue weighted by Gasteiger charge is -2.34. The van der Waals surface area contributed by atoms with E-state index in [0.29, 0.717) is 6.04 Å². The maximum atomic E-state index is 11.8. The van der Waals surface area contributed by atoms with Gasteiger partial charge in [-0.3, -0.25) is 4.79 Å². The molecule has 0 heterocycles. The molecule has 0 aromatic carbocycles. The first kappa shape index (κ1) is 14.5. The van der Waals surface area contributed by atoms with Crippen molar-refractivity contribution in [2.45, 2.75) is 72.0 Å². The minimum atomic E-state index is -0.0805. The molecule has 0 aromatic rings. The van der Waals surface area contributed by atoms with E-state index in [2.05, 4.69) is 24.5 Å². The van der Waals surface area contributed by atoms with Crippen LogP contribution >= 0.6 is 0 Å². The summed E-state index contributed by atoms with van der Waals surface area (Å²) in [5, 5.41) is 6.41. The van der Waals surface area contributed by atoms with Gasteiger partial charge in [0.15, 0.2) is 0 Å². The first-order valence-electron chi connectivity index (χ1n) is 6.96. The number of hydrogen-bond acceptors (Lipinski definition) is 2. The van der Waals surface area contributed by atoms with E-state index in [4.69, 9.17) is 0 Å². The van der Waals surface area contributed by atoms with E-state index < -0.39 is 0 Å². The Morgan fingerprint density at radius 3 is 2.29 bits per heavy atom. The van der Waals surface area contributed by atoms with Gasteiger partial charge in [0, 0.05) is 12.1 Å². The van der Waals surface area contributed by atoms with Crippen LogP contribution in [0.15, 0.2) is 0 Å². The molecule has 1 amide bonds. The Morgan fingerprint density at radius 1 is 1.12 bits per heavy atom. The van der Waals surface area contributed by atoms with Crippen LogP contribution in [-0.4, -0.2) is 24.0 Å². The molecule has 0 radical (unpaired) electrons. The molecule has 3 heteroatoms. The first-order valence-corrected chi connectivity index (χ1v) is 6.96. The Labute approximate surface area is 106 Å². The van der Waals surface area contributed by atoms with Crippen LogP contribution in [0.5, 0.6) is 0 Å². The number of carbonyl (C=O) groups excluding carboxylic acids is 1. The van der Waals surface area contributed by atoms with E-state index in [1.165, 1.54) is 19.3 Å². The number of hydrogen-bond donors (Lipinski definition) is 2. The van der Waals surface area contributed by atoms with Crippen molar-refractivity contribution >= 4 is 5.91 Å². The monoisotopic (exact) mass is 240 g/mol. The van der Waals surface area contributed by atoms with Gasteiger partial charge >= 0.3 is 0 Å². The number of nitrogens with one attached hydrogen (secondary N) is 2. The molecular weight excluding hydrogens is 212 g/mol. The van der Waals surface area contributed by atoms with Crippen molar-refractivity contribution in [1.29, 1.82) is 0 Å². The Bertz CT molecular complexity index is 253. The Hall–Kier alpha value is -0.570. The quantitative estimate of drug-likeness (QED) is 0.792. The largest absolute Gasteiger partial charge is 0.353 e. The number of rotatable bonds is 4. The fourth-order valence-electron chi connectivity index (χ4n) is 2.54. The van der Waals surface area contributed by atoms with Gasteiger partial charge in [0.2, 0.25) is 5.91 Å². The predicted octanol–water partition coefficient (Wildman–Crippen LogP) is 2.31. The highest BCUT2D eigenvalue weighted by atomic mass is 16.2. The highest BCUT2D eigenvalue weighted by molar-refractivity contribution is 5.81. The second-order valence-electron chi connectivity index (χ2n) is 6.02. The van der Waals surface area contributed by atoms with Crippen LogP contribution in [0.25, 0.3) is 0 Å². The summed E-state index contributed by atoms with van der Waals surface area (Å²) in [7, 11) is 0. The lowest BCUT2D eigenvalue weighted by atomic mass is 9.79. The highest BCUT2D eigenvalue weighted by Crippen LogP contribution is 2.29. The smallest absolute Gasteiger partial charge is 0.237 e. The van der Waals surface area contributed by atoms with Crippen molar-refractivity contribution in [1.82, 2.24) is 10.6 Å². The zero-order valence-corrected chi connectivity index (χ0v) is 11.9. The minimum Gasteiger partial charge on any atom is -0.353 e. The fourth-order valence-corrected chi connectivity index (χ4v) is 2.54. The van der Waals surface area contributed by atoms with Crippen LogP contribution in [0.2, 0.25) is 0 Å². The number of amides is 1. The summed E-state index contributed by atoms with van der Waals surface area (Å²) >= 11 is 0. The fraction of sp³-hybridized carbons (Fsp3) is 0.929. The Balaban J connectivity index is 2.36. The van der Waals surface area contributed by atoms with E-state index in [1.54, 1.807) is 0 Å². The van der Waals surface area contributed by atoms with Crippen LogP contribution in [-0.2, 0) is 4.79 Å².